The third-order valence-corrected chi connectivity index (χ3v) is 4.75. The highest BCUT2D eigenvalue weighted by atomic mass is 19.4. The maximum Gasteiger partial charge on any atom is 0.422 e. The van der Waals surface area contributed by atoms with Crippen molar-refractivity contribution in [2.45, 2.75) is 38.2 Å². The van der Waals surface area contributed by atoms with Crippen LogP contribution in [0.4, 0.5) is 26.3 Å². The highest BCUT2D eigenvalue weighted by Crippen LogP contribution is 2.29. The summed E-state index contributed by atoms with van der Waals surface area (Å²) in [7, 11) is 1.92. The first kappa shape index (κ1) is 24.1. The van der Waals surface area contributed by atoms with Gasteiger partial charge in [-0.3, -0.25) is 4.79 Å². The second-order valence-electron chi connectivity index (χ2n) is 7.09. The SMILES string of the molecule is CCN(CC1CCCN1C)C(=O)c1cc(OCC(F)(F)F)ccc1OCC(F)(F)F. The summed E-state index contributed by atoms with van der Waals surface area (Å²) in [5, 5.41) is 0. The molecule has 1 heterocycles. The van der Waals surface area contributed by atoms with Crippen molar-refractivity contribution in [1.29, 1.82) is 0 Å². The monoisotopic (exact) mass is 442 g/mol. The zero-order valence-corrected chi connectivity index (χ0v) is 16.6. The largest absolute Gasteiger partial charge is 0.484 e. The Bertz CT molecular complexity index is 723. The molecule has 0 saturated carbocycles. The maximum atomic E-state index is 13.0. The Balaban J connectivity index is 2.27. The molecule has 0 bridgehead atoms. The lowest BCUT2D eigenvalue weighted by molar-refractivity contribution is -0.154. The van der Waals surface area contributed by atoms with Crippen LogP contribution in [-0.4, -0.2) is 74.0 Å². The van der Waals surface area contributed by atoms with Gasteiger partial charge in [-0.1, -0.05) is 0 Å². The van der Waals surface area contributed by atoms with Gasteiger partial charge in [-0.25, -0.2) is 0 Å². The quantitative estimate of drug-likeness (QED) is 0.568. The summed E-state index contributed by atoms with van der Waals surface area (Å²) in [5.41, 5.74) is -0.276. The van der Waals surface area contributed by atoms with Crippen LogP contribution < -0.4 is 9.47 Å². The van der Waals surface area contributed by atoms with Gasteiger partial charge < -0.3 is 19.3 Å². The molecule has 2 rings (SSSR count). The van der Waals surface area contributed by atoms with Crippen molar-refractivity contribution in [3.63, 3.8) is 0 Å². The average molecular weight is 442 g/mol. The predicted molar refractivity (Wildman–Crippen MR) is 96.8 cm³/mol. The number of hydrogen-bond donors (Lipinski definition) is 0. The minimum Gasteiger partial charge on any atom is -0.484 e. The van der Waals surface area contributed by atoms with Gasteiger partial charge in [-0.2, -0.15) is 26.3 Å². The normalized spacial score (nSPS) is 17.8. The smallest absolute Gasteiger partial charge is 0.422 e. The van der Waals surface area contributed by atoms with Crippen LogP contribution in [0, 0.1) is 0 Å². The van der Waals surface area contributed by atoms with Crippen molar-refractivity contribution in [1.82, 2.24) is 9.80 Å². The number of carbonyl (C=O) groups is 1. The van der Waals surface area contributed by atoms with E-state index in [2.05, 4.69) is 9.64 Å². The van der Waals surface area contributed by atoms with Crippen LogP contribution in [0.3, 0.4) is 0 Å². The van der Waals surface area contributed by atoms with Gasteiger partial charge in [0.05, 0.1) is 5.56 Å². The van der Waals surface area contributed by atoms with E-state index in [9.17, 15) is 31.1 Å². The van der Waals surface area contributed by atoms with Crippen molar-refractivity contribution in [2.24, 2.45) is 0 Å². The molecule has 0 aliphatic carbocycles. The minimum absolute atomic E-state index is 0.0955. The van der Waals surface area contributed by atoms with E-state index in [1.54, 1.807) is 6.92 Å². The Morgan fingerprint density at radius 2 is 1.77 bits per heavy atom. The molecule has 1 amide bonds. The number of ether oxygens (including phenoxy) is 2. The summed E-state index contributed by atoms with van der Waals surface area (Å²) in [5.74, 6) is -1.29. The van der Waals surface area contributed by atoms with Gasteiger partial charge >= 0.3 is 12.4 Å². The molecule has 0 radical (unpaired) electrons. The molecule has 1 aliphatic heterocycles. The summed E-state index contributed by atoms with van der Waals surface area (Å²) >= 11 is 0. The Hall–Kier alpha value is -2.17. The number of hydrogen-bond acceptors (Lipinski definition) is 4. The van der Waals surface area contributed by atoms with E-state index >= 15 is 0 Å². The third kappa shape index (κ3) is 7.26. The molecule has 0 spiro atoms. The Labute approximate surface area is 170 Å². The lowest BCUT2D eigenvalue weighted by atomic mass is 10.1. The molecule has 1 aliphatic rings. The predicted octanol–water partition coefficient (Wildman–Crippen LogP) is 4.13. The number of alkyl halides is 6. The van der Waals surface area contributed by atoms with Crippen LogP contribution in [0.15, 0.2) is 18.2 Å². The molecule has 170 valence electrons. The lowest BCUT2D eigenvalue weighted by Gasteiger charge is -2.28. The summed E-state index contributed by atoms with van der Waals surface area (Å²) in [6.45, 7) is -0.0147. The van der Waals surface area contributed by atoms with Crippen LogP contribution in [0.1, 0.15) is 30.1 Å². The van der Waals surface area contributed by atoms with E-state index in [0.29, 0.717) is 6.54 Å². The maximum absolute atomic E-state index is 13.0. The van der Waals surface area contributed by atoms with Gasteiger partial charge in [-0.05, 0) is 51.6 Å². The summed E-state index contributed by atoms with van der Waals surface area (Å²) in [6.07, 6.45) is -7.40. The minimum atomic E-state index is -4.64. The highest BCUT2D eigenvalue weighted by molar-refractivity contribution is 5.97. The van der Waals surface area contributed by atoms with Gasteiger partial charge in [0.1, 0.15) is 11.5 Å². The number of likely N-dealkylation sites (N-methyl/N-ethyl adjacent to an activating group) is 2. The summed E-state index contributed by atoms with van der Waals surface area (Å²) < 4.78 is 84.4. The standard InChI is InChI=1S/C19H24F6N2O3/c1-3-27(10-13-5-4-8-26(13)2)17(28)15-9-14(29-11-18(20,21)22)6-7-16(15)30-12-19(23,24)25/h6-7,9,13H,3-5,8,10-12H2,1-2H3. The van der Waals surface area contributed by atoms with Gasteiger partial charge in [-0.15, -0.1) is 0 Å². The van der Waals surface area contributed by atoms with E-state index in [0.717, 1.165) is 37.6 Å². The van der Waals surface area contributed by atoms with Crippen LogP contribution in [0.25, 0.3) is 0 Å². The molecule has 30 heavy (non-hydrogen) atoms. The number of amides is 1. The first-order valence-electron chi connectivity index (χ1n) is 9.42. The van der Waals surface area contributed by atoms with Crippen LogP contribution in [0.5, 0.6) is 11.5 Å². The number of rotatable bonds is 8. The fraction of sp³-hybridized carbons (Fsp3) is 0.632. The van der Waals surface area contributed by atoms with Gasteiger partial charge in [0.2, 0.25) is 0 Å². The number of halogens is 6. The van der Waals surface area contributed by atoms with E-state index in [-0.39, 0.29) is 29.6 Å². The lowest BCUT2D eigenvalue weighted by Crippen LogP contribution is -2.41. The molecule has 5 nitrogen and oxygen atoms in total. The van der Waals surface area contributed by atoms with E-state index in [1.807, 2.05) is 7.05 Å². The first-order chi connectivity index (χ1) is 13.9. The molecule has 0 aromatic heterocycles. The van der Waals surface area contributed by atoms with Crippen molar-refractivity contribution in [3.05, 3.63) is 23.8 Å². The average Bonchev–Trinajstić information content (AvgIpc) is 3.05. The van der Waals surface area contributed by atoms with Crippen molar-refractivity contribution in [2.75, 3.05) is 39.9 Å². The third-order valence-electron chi connectivity index (χ3n) is 4.75. The number of carbonyl (C=O) groups excluding carboxylic acids is 1. The van der Waals surface area contributed by atoms with Crippen molar-refractivity contribution < 1.29 is 40.6 Å². The zero-order valence-electron chi connectivity index (χ0n) is 16.6. The van der Waals surface area contributed by atoms with E-state index in [1.165, 1.54) is 4.90 Å². The summed E-state index contributed by atoms with van der Waals surface area (Å²) in [4.78, 5) is 16.6. The van der Waals surface area contributed by atoms with Crippen LogP contribution >= 0.6 is 0 Å². The molecule has 1 saturated heterocycles. The Kier molecular flexibility index (Phi) is 7.84. The molecule has 0 N–H and O–H groups in total. The zero-order chi connectivity index (χ0) is 22.5. The molecule has 11 heteroatoms. The fourth-order valence-corrected chi connectivity index (χ4v) is 3.21. The number of benzene rings is 1. The number of likely N-dealkylation sites (tertiary alicyclic amines) is 1. The molecule has 1 unspecified atom stereocenters. The van der Waals surface area contributed by atoms with E-state index in [4.69, 9.17) is 4.74 Å². The van der Waals surface area contributed by atoms with Gasteiger partial charge in [0.15, 0.2) is 13.2 Å². The van der Waals surface area contributed by atoms with E-state index < -0.39 is 31.5 Å². The second kappa shape index (κ2) is 9.76. The van der Waals surface area contributed by atoms with Gasteiger partial charge in [0, 0.05) is 19.1 Å². The molecule has 1 aromatic carbocycles. The van der Waals surface area contributed by atoms with Gasteiger partial charge in [0.25, 0.3) is 5.91 Å². The molecular weight excluding hydrogens is 418 g/mol. The molecular formula is C19H24F6N2O3. The highest BCUT2D eigenvalue weighted by Gasteiger charge is 2.32. The van der Waals surface area contributed by atoms with Crippen LogP contribution in [-0.2, 0) is 0 Å². The molecule has 1 atom stereocenters. The Morgan fingerprint density at radius 1 is 1.13 bits per heavy atom. The molecule has 1 aromatic rings. The second-order valence-corrected chi connectivity index (χ2v) is 7.09. The topological polar surface area (TPSA) is 42.0 Å². The summed E-state index contributed by atoms with van der Waals surface area (Å²) in [6, 6.07) is 3.13. The van der Waals surface area contributed by atoms with Crippen molar-refractivity contribution in [3.8, 4) is 11.5 Å². The van der Waals surface area contributed by atoms with Crippen molar-refractivity contribution >= 4 is 5.91 Å². The molecule has 1 fully saturated rings. The number of nitrogens with zero attached hydrogens (tertiary/aromatic N) is 2. The fourth-order valence-electron chi connectivity index (χ4n) is 3.21. The first-order valence-corrected chi connectivity index (χ1v) is 9.42. The Morgan fingerprint density at radius 3 is 2.30 bits per heavy atom. The van der Waals surface area contributed by atoms with Crippen LogP contribution in [0.2, 0.25) is 0 Å².